The van der Waals surface area contributed by atoms with Gasteiger partial charge in [-0.25, -0.2) is 0 Å². The zero-order valence-corrected chi connectivity index (χ0v) is 11.5. The van der Waals surface area contributed by atoms with Gasteiger partial charge in [-0.05, 0) is 33.6 Å². The summed E-state index contributed by atoms with van der Waals surface area (Å²) in [5, 5.41) is 9.00. The number of ether oxygens (including phenoxy) is 1. The molecule has 0 heterocycles. The van der Waals surface area contributed by atoms with Gasteiger partial charge in [-0.15, -0.1) is 0 Å². The fraction of sp³-hybridized carbons (Fsp3) is 0.600. The Bertz CT molecular complexity index is 257. The van der Waals surface area contributed by atoms with Crippen LogP contribution >= 0.6 is 0 Å². The summed E-state index contributed by atoms with van der Waals surface area (Å²) in [5.74, 6) is 0. The molecule has 0 saturated heterocycles. The van der Waals surface area contributed by atoms with Gasteiger partial charge >= 0.3 is 0 Å². The molecule has 2 atom stereocenters. The van der Waals surface area contributed by atoms with E-state index >= 15 is 0 Å². The lowest BCUT2D eigenvalue weighted by atomic mass is 10.1. The number of aliphatic hydroxyl groups is 1. The molecule has 17 heavy (non-hydrogen) atoms. The van der Waals surface area contributed by atoms with E-state index in [0.717, 1.165) is 19.4 Å². The second-order valence-electron chi connectivity index (χ2n) is 4.23. The van der Waals surface area contributed by atoms with Crippen molar-refractivity contribution in [2.75, 3.05) is 6.61 Å². The third-order valence-corrected chi connectivity index (χ3v) is 2.40. The van der Waals surface area contributed by atoms with E-state index < -0.39 is 0 Å². The van der Waals surface area contributed by atoms with Gasteiger partial charge in [0.2, 0.25) is 0 Å². The minimum Gasteiger partial charge on any atom is -0.393 e. The fourth-order valence-corrected chi connectivity index (χ4v) is 1.50. The first-order valence-corrected chi connectivity index (χ1v) is 6.41. The molecule has 0 saturated carbocycles. The Kier molecular flexibility index (Phi) is 9.78. The summed E-state index contributed by atoms with van der Waals surface area (Å²) < 4.78 is 5.34. The van der Waals surface area contributed by atoms with Crippen LogP contribution in [0, 0.1) is 6.92 Å². The van der Waals surface area contributed by atoms with Crippen LogP contribution in [0.1, 0.15) is 39.2 Å². The SMILES string of the molecule is CCOC(CC)CC(C)O.Cc1ccccc1. The molecule has 2 nitrogen and oxygen atoms in total. The second-order valence-corrected chi connectivity index (χ2v) is 4.23. The third kappa shape index (κ3) is 10.0. The summed E-state index contributed by atoms with van der Waals surface area (Å²) in [6.07, 6.45) is 1.74. The smallest absolute Gasteiger partial charge is 0.0596 e. The van der Waals surface area contributed by atoms with Crippen molar-refractivity contribution >= 4 is 0 Å². The lowest BCUT2D eigenvalue weighted by molar-refractivity contribution is 0.0229. The third-order valence-electron chi connectivity index (χ3n) is 2.40. The Morgan fingerprint density at radius 2 is 1.76 bits per heavy atom. The maximum Gasteiger partial charge on any atom is 0.0596 e. The van der Waals surface area contributed by atoms with Gasteiger partial charge in [0.15, 0.2) is 0 Å². The van der Waals surface area contributed by atoms with Gasteiger partial charge in [0.25, 0.3) is 0 Å². The minimum absolute atomic E-state index is 0.239. The largest absolute Gasteiger partial charge is 0.393 e. The number of rotatable bonds is 5. The molecule has 98 valence electrons. The first-order valence-electron chi connectivity index (χ1n) is 6.41. The van der Waals surface area contributed by atoms with Gasteiger partial charge in [0, 0.05) is 6.61 Å². The van der Waals surface area contributed by atoms with Crippen LogP contribution in [0.15, 0.2) is 30.3 Å². The highest BCUT2D eigenvalue weighted by atomic mass is 16.5. The van der Waals surface area contributed by atoms with E-state index in [1.165, 1.54) is 5.56 Å². The van der Waals surface area contributed by atoms with Crippen molar-refractivity contribution < 1.29 is 9.84 Å². The molecule has 2 heteroatoms. The highest BCUT2D eigenvalue weighted by Gasteiger charge is 2.07. The van der Waals surface area contributed by atoms with E-state index in [2.05, 4.69) is 26.0 Å². The van der Waals surface area contributed by atoms with E-state index in [4.69, 9.17) is 9.84 Å². The number of benzene rings is 1. The standard InChI is InChI=1S/C8H18O2.C7H8/c1-4-8(10-5-2)6-7(3)9;1-7-5-3-2-4-6-7/h7-9H,4-6H2,1-3H3;2-6H,1H3. The molecule has 0 aliphatic heterocycles. The first-order chi connectivity index (χ1) is 8.10. The molecule has 0 aliphatic rings. The predicted molar refractivity (Wildman–Crippen MR) is 73.2 cm³/mol. The van der Waals surface area contributed by atoms with Gasteiger partial charge in [-0.2, -0.15) is 0 Å². The highest BCUT2D eigenvalue weighted by Crippen LogP contribution is 2.05. The highest BCUT2D eigenvalue weighted by molar-refractivity contribution is 5.11. The monoisotopic (exact) mass is 238 g/mol. The summed E-state index contributed by atoms with van der Waals surface area (Å²) in [4.78, 5) is 0. The summed E-state index contributed by atoms with van der Waals surface area (Å²) in [6.45, 7) is 8.67. The lowest BCUT2D eigenvalue weighted by Gasteiger charge is -2.15. The van der Waals surface area contributed by atoms with Crippen LogP contribution in [0.3, 0.4) is 0 Å². The second kappa shape index (κ2) is 10.3. The molecule has 0 bridgehead atoms. The van der Waals surface area contributed by atoms with Crippen molar-refractivity contribution in [3.8, 4) is 0 Å². The molecule has 0 aliphatic carbocycles. The summed E-state index contributed by atoms with van der Waals surface area (Å²) in [5.41, 5.74) is 1.32. The van der Waals surface area contributed by atoms with Gasteiger partial charge in [0.1, 0.15) is 0 Å². The molecule has 1 rings (SSSR count). The maximum atomic E-state index is 9.00. The topological polar surface area (TPSA) is 29.5 Å². The Balaban J connectivity index is 0.000000318. The van der Waals surface area contributed by atoms with Gasteiger partial charge in [-0.3, -0.25) is 0 Å². The summed E-state index contributed by atoms with van der Waals surface area (Å²) in [6, 6.07) is 10.3. The maximum absolute atomic E-state index is 9.00. The van der Waals surface area contributed by atoms with E-state index in [1.54, 1.807) is 6.92 Å². The molecule has 1 aromatic rings. The Morgan fingerprint density at radius 3 is 2.06 bits per heavy atom. The van der Waals surface area contributed by atoms with E-state index in [1.807, 2.05) is 25.1 Å². The van der Waals surface area contributed by atoms with Gasteiger partial charge in [0.05, 0.1) is 12.2 Å². The van der Waals surface area contributed by atoms with Crippen molar-refractivity contribution in [2.45, 2.75) is 52.7 Å². The Hall–Kier alpha value is -0.860. The zero-order chi connectivity index (χ0) is 13.1. The van der Waals surface area contributed by atoms with Crippen LogP contribution in [-0.4, -0.2) is 23.9 Å². The molecular formula is C15H26O2. The molecular weight excluding hydrogens is 212 g/mol. The predicted octanol–water partition coefficient (Wildman–Crippen LogP) is 3.57. The molecule has 1 N–H and O–H groups in total. The van der Waals surface area contributed by atoms with Crippen molar-refractivity contribution in [1.82, 2.24) is 0 Å². The number of aliphatic hydroxyl groups excluding tert-OH is 1. The molecule has 0 radical (unpaired) electrons. The van der Waals surface area contributed by atoms with Crippen LogP contribution in [-0.2, 0) is 4.74 Å². The molecule has 2 unspecified atom stereocenters. The molecule has 1 aromatic carbocycles. The summed E-state index contributed by atoms with van der Waals surface area (Å²) in [7, 11) is 0. The van der Waals surface area contributed by atoms with Crippen molar-refractivity contribution in [1.29, 1.82) is 0 Å². The fourth-order valence-electron chi connectivity index (χ4n) is 1.50. The lowest BCUT2D eigenvalue weighted by Crippen LogP contribution is -2.17. The molecule has 0 fully saturated rings. The van der Waals surface area contributed by atoms with Crippen molar-refractivity contribution in [3.63, 3.8) is 0 Å². The zero-order valence-electron chi connectivity index (χ0n) is 11.5. The van der Waals surface area contributed by atoms with E-state index in [-0.39, 0.29) is 12.2 Å². The van der Waals surface area contributed by atoms with Crippen LogP contribution in [0.25, 0.3) is 0 Å². The van der Waals surface area contributed by atoms with Crippen LogP contribution in [0.4, 0.5) is 0 Å². The first kappa shape index (κ1) is 16.1. The number of aryl methyl sites for hydroxylation is 1. The van der Waals surface area contributed by atoms with Crippen LogP contribution in [0.2, 0.25) is 0 Å². The van der Waals surface area contributed by atoms with Gasteiger partial charge in [-0.1, -0.05) is 42.8 Å². The number of hydrogen-bond donors (Lipinski definition) is 1. The average molecular weight is 238 g/mol. The van der Waals surface area contributed by atoms with Crippen molar-refractivity contribution in [3.05, 3.63) is 35.9 Å². The van der Waals surface area contributed by atoms with E-state index in [9.17, 15) is 0 Å². The molecule has 0 aromatic heterocycles. The molecule has 0 amide bonds. The Morgan fingerprint density at radius 1 is 1.18 bits per heavy atom. The van der Waals surface area contributed by atoms with Gasteiger partial charge < -0.3 is 9.84 Å². The van der Waals surface area contributed by atoms with Crippen LogP contribution < -0.4 is 0 Å². The normalized spacial score (nSPS) is 13.5. The van der Waals surface area contributed by atoms with Crippen molar-refractivity contribution in [2.24, 2.45) is 0 Å². The average Bonchev–Trinajstić information content (AvgIpc) is 2.30. The van der Waals surface area contributed by atoms with Crippen LogP contribution in [0.5, 0.6) is 0 Å². The quantitative estimate of drug-likeness (QED) is 0.849. The van der Waals surface area contributed by atoms with E-state index in [0.29, 0.717) is 0 Å². The Labute approximate surface area is 106 Å². The minimum atomic E-state index is -0.239. The number of hydrogen-bond acceptors (Lipinski definition) is 2. The molecule has 0 spiro atoms. The summed E-state index contributed by atoms with van der Waals surface area (Å²) >= 11 is 0.